The molecule has 3 heterocycles. The fraction of sp³-hybridized carbons (Fsp3) is 0.621. The van der Waals surface area contributed by atoms with E-state index in [4.69, 9.17) is 22.2 Å². The first-order valence-corrected chi connectivity index (χ1v) is 14.5. The summed E-state index contributed by atoms with van der Waals surface area (Å²) in [7, 11) is 0. The minimum Gasteiger partial charge on any atom is -0.361 e. The Bertz CT molecular complexity index is 1000. The van der Waals surface area contributed by atoms with Gasteiger partial charge in [-0.1, -0.05) is 56.5 Å². The Morgan fingerprint density at radius 2 is 1.58 bits per heavy atom. The molecule has 1 atom stereocenters. The molecule has 0 radical (unpaired) electrons. The van der Waals surface area contributed by atoms with Gasteiger partial charge in [0.2, 0.25) is 5.95 Å². The maximum Gasteiger partial charge on any atom is 0.232 e. The highest BCUT2D eigenvalue weighted by Gasteiger charge is 2.34. The molecular formula is C29H42N6S. The smallest absolute Gasteiger partial charge is 0.232 e. The molecular weight excluding hydrogens is 464 g/mol. The quantitative estimate of drug-likeness (QED) is 0.474. The van der Waals surface area contributed by atoms with E-state index < -0.39 is 0 Å². The molecule has 1 aliphatic carbocycles. The van der Waals surface area contributed by atoms with Gasteiger partial charge >= 0.3 is 0 Å². The average Bonchev–Trinajstić information content (AvgIpc) is 2.93. The molecule has 1 saturated carbocycles. The summed E-state index contributed by atoms with van der Waals surface area (Å²) in [5, 5.41) is 7.54. The zero-order valence-electron chi connectivity index (χ0n) is 21.8. The molecule has 5 rings (SSSR count). The van der Waals surface area contributed by atoms with Crippen LogP contribution in [0.3, 0.4) is 0 Å². The normalized spacial score (nSPS) is 22.2. The zero-order chi connectivity index (χ0) is 24.8. The summed E-state index contributed by atoms with van der Waals surface area (Å²) < 4.78 is 0. The first kappa shape index (κ1) is 25.2. The number of thiocarbonyl (C=S) groups is 1. The van der Waals surface area contributed by atoms with Gasteiger partial charge in [0.15, 0.2) is 5.11 Å². The van der Waals surface area contributed by atoms with Crippen LogP contribution in [0.15, 0.2) is 36.4 Å². The van der Waals surface area contributed by atoms with Gasteiger partial charge in [-0.15, -0.1) is 0 Å². The first-order valence-electron chi connectivity index (χ1n) is 14.1. The zero-order valence-corrected chi connectivity index (χ0v) is 22.7. The third-order valence-corrected chi connectivity index (χ3v) is 8.62. The highest BCUT2D eigenvalue weighted by molar-refractivity contribution is 7.80. The third kappa shape index (κ3) is 6.10. The van der Waals surface area contributed by atoms with Crippen molar-refractivity contribution >= 4 is 34.9 Å². The summed E-state index contributed by atoms with van der Waals surface area (Å²) >= 11 is 5.79. The van der Waals surface area contributed by atoms with E-state index in [1.165, 1.54) is 69.8 Å². The van der Waals surface area contributed by atoms with Crippen molar-refractivity contribution in [2.45, 2.75) is 76.5 Å². The molecule has 1 aromatic carbocycles. The SMILES string of the molecule is CC1CCCN(c2cc(N3CCCCC3)nc(NC(=S)NCC3(c4ccccc4)CCCCC3)n2)C1. The Balaban J connectivity index is 1.32. The van der Waals surface area contributed by atoms with Crippen molar-refractivity contribution in [3.8, 4) is 0 Å². The molecule has 36 heavy (non-hydrogen) atoms. The molecule has 0 amide bonds. The van der Waals surface area contributed by atoms with Crippen LogP contribution in [0, 0.1) is 5.92 Å². The largest absolute Gasteiger partial charge is 0.361 e. The number of nitrogens with one attached hydrogen (secondary N) is 2. The van der Waals surface area contributed by atoms with Crippen LogP contribution in [0.1, 0.15) is 76.7 Å². The van der Waals surface area contributed by atoms with E-state index in [1.807, 2.05) is 0 Å². The van der Waals surface area contributed by atoms with Crippen LogP contribution in [-0.2, 0) is 5.41 Å². The number of rotatable bonds is 6. The molecule has 0 spiro atoms. The molecule has 7 heteroatoms. The first-order chi connectivity index (χ1) is 17.6. The predicted molar refractivity (Wildman–Crippen MR) is 154 cm³/mol. The van der Waals surface area contributed by atoms with Crippen molar-refractivity contribution in [1.29, 1.82) is 0 Å². The van der Waals surface area contributed by atoms with Crippen LogP contribution >= 0.6 is 12.2 Å². The third-order valence-electron chi connectivity index (χ3n) is 8.37. The summed E-state index contributed by atoms with van der Waals surface area (Å²) in [6.07, 6.45) is 12.5. The van der Waals surface area contributed by atoms with Gasteiger partial charge in [-0.2, -0.15) is 9.97 Å². The lowest BCUT2D eigenvalue weighted by atomic mass is 9.69. The van der Waals surface area contributed by atoms with Crippen LogP contribution in [0.5, 0.6) is 0 Å². The number of hydrogen-bond donors (Lipinski definition) is 2. The number of aromatic nitrogens is 2. The Morgan fingerprint density at radius 3 is 2.31 bits per heavy atom. The van der Waals surface area contributed by atoms with E-state index in [9.17, 15) is 0 Å². The van der Waals surface area contributed by atoms with Gasteiger partial charge in [0.25, 0.3) is 0 Å². The van der Waals surface area contributed by atoms with Gasteiger partial charge in [0.05, 0.1) is 0 Å². The van der Waals surface area contributed by atoms with Crippen molar-refractivity contribution in [1.82, 2.24) is 15.3 Å². The number of benzene rings is 1. The van der Waals surface area contributed by atoms with Gasteiger partial charge < -0.3 is 20.4 Å². The Hall–Kier alpha value is -2.41. The summed E-state index contributed by atoms with van der Waals surface area (Å²) in [4.78, 5) is 14.7. The van der Waals surface area contributed by atoms with Crippen molar-refractivity contribution in [2.75, 3.05) is 47.8 Å². The van der Waals surface area contributed by atoms with Gasteiger partial charge in [0.1, 0.15) is 11.6 Å². The van der Waals surface area contributed by atoms with Crippen LogP contribution in [0.25, 0.3) is 0 Å². The number of hydrogen-bond acceptors (Lipinski definition) is 5. The van der Waals surface area contributed by atoms with E-state index >= 15 is 0 Å². The van der Waals surface area contributed by atoms with E-state index in [-0.39, 0.29) is 5.41 Å². The van der Waals surface area contributed by atoms with Crippen molar-refractivity contribution in [3.63, 3.8) is 0 Å². The Kier molecular flexibility index (Phi) is 8.25. The van der Waals surface area contributed by atoms with Gasteiger partial charge in [-0.25, -0.2) is 0 Å². The predicted octanol–water partition coefficient (Wildman–Crippen LogP) is 5.89. The summed E-state index contributed by atoms with van der Waals surface area (Å²) in [6.45, 7) is 7.42. The van der Waals surface area contributed by atoms with Crippen LogP contribution in [0.2, 0.25) is 0 Å². The molecule has 2 saturated heterocycles. The molecule has 3 fully saturated rings. The standard InChI is InChI=1S/C29H42N6S/c1-23-12-11-19-35(21-23)26-20-25(34-17-9-4-10-18-34)31-27(32-26)33-28(36)30-22-29(15-7-3-8-16-29)24-13-5-2-6-14-24/h2,5-6,13-14,20,23H,3-4,7-12,15-19,21-22H2,1H3,(H2,30,31,32,33,36). The van der Waals surface area contributed by atoms with Gasteiger partial charge in [-0.3, -0.25) is 0 Å². The van der Waals surface area contributed by atoms with Crippen LogP contribution in [0.4, 0.5) is 17.6 Å². The second kappa shape index (κ2) is 11.8. The second-order valence-corrected chi connectivity index (χ2v) is 11.6. The maximum atomic E-state index is 5.79. The van der Waals surface area contributed by atoms with Crippen molar-refractivity contribution in [3.05, 3.63) is 42.0 Å². The fourth-order valence-corrected chi connectivity index (χ4v) is 6.47. The molecule has 3 aliphatic rings. The molecule has 1 unspecified atom stereocenters. The highest BCUT2D eigenvalue weighted by atomic mass is 32.1. The lowest BCUT2D eigenvalue weighted by molar-refractivity contribution is 0.292. The molecule has 194 valence electrons. The Morgan fingerprint density at radius 1 is 0.917 bits per heavy atom. The molecule has 6 nitrogen and oxygen atoms in total. The monoisotopic (exact) mass is 506 g/mol. The van der Waals surface area contributed by atoms with Gasteiger partial charge in [0, 0.05) is 44.2 Å². The van der Waals surface area contributed by atoms with E-state index in [0.29, 0.717) is 17.0 Å². The molecule has 2 N–H and O–H groups in total. The van der Waals surface area contributed by atoms with E-state index in [1.54, 1.807) is 0 Å². The topological polar surface area (TPSA) is 56.3 Å². The van der Waals surface area contributed by atoms with Gasteiger partial charge in [-0.05, 0) is 68.6 Å². The average molecular weight is 507 g/mol. The number of nitrogens with zero attached hydrogens (tertiary/aromatic N) is 4. The van der Waals surface area contributed by atoms with E-state index in [2.05, 4.69) is 63.8 Å². The number of anilines is 3. The highest BCUT2D eigenvalue weighted by Crippen LogP contribution is 2.39. The maximum absolute atomic E-state index is 5.79. The number of piperidine rings is 2. The molecule has 1 aromatic heterocycles. The van der Waals surface area contributed by atoms with Crippen LogP contribution < -0.4 is 20.4 Å². The molecule has 2 aromatic rings. The van der Waals surface area contributed by atoms with Crippen molar-refractivity contribution in [2.24, 2.45) is 5.92 Å². The summed E-state index contributed by atoms with van der Waals surface area (Å²) in [6, 6.07) is 13.2. The molecule has 0 bridgehead atoms. The Labute approximate surface area is 222 Å². The minimum absolute atomic E-state index is 0.136. The van der Waals surface area contributed by atoms with E-state index in [0.717, 1.165) is 44.4 Å². The lowest BCUT2D eigenvalue weighted by Gasteiger charge is -2.38. The lowest BCUT2D eigenvalue weighted by Crippen LogP contribution is -2.43. The minimum atomic E-state index is 0.136. The summed E-state index contributed by atoms with van der Waals surface area (Å²) in [5.41, 5.74) is 1.56. The van der Waals surface area contributed by atoms with Crippen LogP contribution in [-0.4, -0.2) is 47.8 Å². The second-order valence-electron chi connectivity index (χ2n) is 11.2. The van der Waals surface area contributed by atoms with Crippen molar-refractivity contribution < 1.29 is 0 Å². The molecule has 2 aliphatic heterocycles. The fourth-order valence-electron chi connectivity index (χ4n) is 6.31. The summed E-state index contributed by atoms with van der Waals surface area (Å²) in [5.74, 6) is 3.35.